The van der Waals surface area contributed by atoms with Crippen molar-refractivity contribution in [2.75, 3.05) is 23.3 Å². The fraction of sp³-hybridized carbons (Fsp3) is 0.375. The minimum Gasteiger partial charge on any atom is -0.341 e. The number of anilines is 2. The maximum Gasteiger partial charge on any atom is 0.237 e. The third-order valence-corrected chi connectivity index (χ3v) is 6.63. The number of aryl methyl sites for hydroxylation is 3. The zero-order chi connectivity index (χ0) is 22.0. The minimum atomic E-state index is -0.319. The molecular formula is C24H29N5OS. The molecule has 0 radical (unpaired) electrons. The molecule has 1 amide bonds. The van der Waals surface area contributed by atoms with E-state index in [0.717, 1.165) is 54.0 Å². The van der Waals surface area contributed by atoms with Crippen molar-refractivity contribution in [3.8, 4) is 5.69 Å². The lowest BCUT2D eigenvalue weighted by molar-refractivity contribution is -0.115. The molecule has 1 aromatic heterocycles. The van der Waals surface area contributed by atoms with Crippen LogP contribution in [0.25, 0.3) is 5.69 Å². The molecule has 162 valence electrons. The van der Waals surface area contributed by atoms with Crippen LogP contribution in [0.15, 0.2) is 47.6 Å². The molecule has 4 rings (SSSR count). The van der Waals surface area contributed by atoms with Crippen LogP contribution >= 0.6 is 11.8 Å². The highest BCUT2D eigenvalue weighted by molar-refractivity contribution is 8.00. The molecule has 0 aliphatic carbocycles. The minimum absolute atomic E-state index is 0.0434. The SMILES string of the molecule is Cc1ccc(-n2c(SC(C)C(=O)Nc3ccc(C)cc3C)nnc2N2CCCC2)cc1. The van der Waals surface area contributed by atoms with Crippen LogP contribution in [-0.2, 0) is 4.79 Å². The quantitative estimate of drug-likeness (QED) is 0.557. The van der Waals surface area contributed by atoms with Crippen molar-refractivity contribution in [3.05, 3.63) is 59.2 Å². The van der Waals surface area contributed by atoms with Gasteiger partial charge in [-0.1, -0.05) is 47.2 Å². The molecule has 0 spiro atoms. The third-order valence-electron chi connectivity index (χ3n) is 5.59. The summed E-state index contributed by atoms with van der Waals surface area (Å²) in [6, 6.07) is 14.4. The molecule has 1 unspecified atom stereocenters. The second-order valence-electron chi connectivity index (χ2n) is 8.22. The number of amides is 1. The summed E-state index contributed by atoms with van der Waals surface area (Å²) in [5, 5.41) is 12.4. The van der Waals surface area contributed by atoms with Crippen LogP contribution in [-0.4, -0.2) is 39.0 Å². The second kappa shape index (κ2) is 9.14. The number of hydrogen-bond acceptors (Lipinski definition) is 5. The highest BCUT2D eigenvalue weighted by Gasteiger charge is 2.25. The van der Waals surface area contributed by atoms with Crippen LogP contribution in [0.3, 0.4) is 0 Å². The predicted molar refractivity (Wildman–Crippen MR) is 127 cm³/mol. The Kier molecular flexibility index (Phi) is 6.32. The summed E-state index contributed by atoms with van der Waals surface area (Å²) in [5.41, 5.74) is 5.31. The number of hydrogen-bond donors (Lipinski definition) is 1. The van der Waals surface area contributed by atoms with Gasteiger partial charge in [-0.3, -0.25) is 9.36 Å². The average molecular weight is 436 g/mol. The number of carbonyl (C=O) groups excluding carboxylic acids is 1. The first kappa shape index (κ1) is 21.4. The molecule has 1 aliphatic rings. The maximum atomic E-state index is 12.9. The highest BCUT2D eigenvalue weighted by atomic mass is 32.2. The van der Waals surface area contributed by atoms with Gasteiger partial charge >= 0.3 is 0 Å². The van der Waals surface area contributed by atoms with Crippen molar-refractivity contribution >= 4 is 29.3 Å². The van der Waals surface area contributed by atoms with Crippen LogP contribution in [0.5, 0.6) is 0 Å². The van der Waals surface area contributed by atoms with Crippen molar-refractivity contribution in [2.45, 2.75) is 50.9 Å². The van der Waals surface area contributed by atoms with Crippen molar-refractivity contribution in [1.82, 2.24) is 14.8 Å². The topological polar surface area (TPSA) is 63.1 Å². The summed E-state index contributed by atoms with van der Waals surface area (Å²) in [7, 11) is 0. The van der Waals surface area contributed by atoms with Gasteiger partial charge in [0.05, 0.1) is 10.9 Å². The van der Waals surface area contributed by atoms with E-state index in [-0.39, 0.29) is 11.2 Å². The summed E-state index contributed by atoms with van der Waals surface area (Å²) in [6.45, 7) is 10.0. The first-order chi connectivity index (χ1) is 14.9. The summed E-state index contributed by atoms with van der Waals surface area (Å²) < 4.78 is 2.08. The van der Waals surface area contributed by atoms with Gasteiger partial charge in [0.25, 0.3) is 0 Å². The standard InChI is InChI=1S/C24H29N5OS/c1-16-7-10-20(11-8-16)29-23(28-13-5-6-14-28)26-27-24(29)31-19(4)22(30)25-21-12-9-17(2)15-18(21)3/h7-12,15,19H,5-6,13-14H2,1-4H3,(H,25,30). The fourth-order valence-corrected chi connectivity index (χ4v) is 4.64. The predicted octanol–water partition coefficient (Wildman–Crippen LogP) is 4.91. The summed E-state index contributed by atoms with van der Waals surface area (Å²) in [4.78, 5) is 15.2. The van der Waals surface area contributed by atoms with Crippen LogP contribution < -0.4 is 10.2 Å². The van der Waals surface area contributed by atoms with Gasteiger partial charge in [0.2, 0.25) is 11.9 Å². The summed E-state index contributed by atoms with van der Waals surface area (Å²) in [6.07, 6.45) is 2.33. The smallest absolute Gasteiger partial charge is 0.237 e. The molecule has 3 aromatic rings. The van der Waals surface area contributed by atoms with Crippen molar-refractivity contribution < 1.29 is 4.79 Å². The monoisotopic (exact) mass is 435 g/mol. The number of aromatic nitrogens is 3. The average Bonchev–Trinajstić information content (AvgIpc) is 3.40. The maximum absolute atomic E-state index is 12.9. The lowest BCUT2D eigenvalue weighted by Crippen LogP contribution is -2.24. The van der Waals surface area contributed by atoms with Gasteiger partial charge in [-0.15, -0.1) is 10.2 Å². The molecule has 1 aliphatic heterocycles. The molecule has 7 heteroatoms. The van der Waals surface area contributed by atoms with E-state index < -0.39 is 0 Å². The Morgan fingerprint density at radius 1 is 1.00 bits per heavy atom. The normalized spacial score (nSPS) is 14.6. The largest absolute Gasteiger partial charge is 0.341 e. The van der Waals surface area contributed by atoms with Gasteiger partial charge in [-0.05, 0) is 64.3 Å². The van der Waals surface area contributed by atoms with E-state index in [1.165, 1.54) is 22.9 Å². The summed E-state index contributed by atoms with van der Waals surface area (Å²) >= 11 is 1.44. The Morgan fingerprint density at radius 3 is 2.35 bits per heavy atom. The molecule has 1 atom stereocenters. The molecule has 1 N–H and O–H groups in total. The first-order valence-electron chi connectivity index (χ1n) is 10.7. The van der Waals surface area contributed by atoms with Gasteiger partial charge in [0, 0.05) is 18.8 Å². The number of thioether (sulfide) groups is 1. The Labute approximate surface area is 188 Å². The van der Waals surface area contributed by atoms with E-state index in [1.807, 2.05) is 32.9 Å². The summed E-state index contributed by atoms with van der Waals surface area (Å²) in [5.74, 6) is 0.809. The Balaban J connectivity index is 1.58. The molecule has 6 nitrogen and oxygen atoms in total. The number of carbonyl (C=O) groups is 1. The van der Waals surface area contributed by atoms with Crippen LogP contribution in [0.4, 0.5) is 11.6 Å². The van der Waals surface area contributed by atoms with Gasteiger partial charge in [-0.25, -0.2) is 0 Å². The molecule has 0 saturated carbocycles. The number of nitrogens with zero attached hydrogens (tertiary/aromatic N) is 4. The van der Waals surface area contributed by atoms with Crippen LogP contribution in [0.2, 0.25) is 0 Å². The Morgan fingerprint density at radius 2 is 1.68 bits per heavy atom. The molecular weight excluding hydrogens is 406 g/mol. The third kappa shape index (κ3) is 4.77. The molecule has 2 heterocycles. The van der Waals surface area contributed by atoms with E-state index >= 15 is 0 Å². The Hall–Kier alpha value is -2.80. The molecule has 1 fully saturated rings. The van der Waals surface area contributed by atoms with E-state index in [1.54, 1.807) is 0 Å². The Bertz CT molecular complexity index is 1070. The van der Waals surface area contributed by atoms with E-state index in [4.69, 9.17) is 0 Å². The van der Waals surface area contributed by atoms with Crippen LogP contribution in [0, 0.1) is 20.8 Å². The molecule has 1 saturated heterocycles. The molecule has 0 bridgehead atoms. The van der Waals surface area contributed by atoms with Crippen molar-refractivity contribution in [3.63, 3.8) is 0 Å². The van der Waals surface area contributed by atoms with Gasteiger partial charge in [-0.2, -0.15) is 0 Å². The van der Waals surface area contributed by atoms with E-state index in [9.17, 15) is 4.79 Å². The van der Waals surface area contributed by atoms with Crippen molar-refractivity contribution in [1.29, 1.82) is 0 Å². The zero-order valence-corrected chi connectivity index (χ0v) is 19.4. The van der Waals surface area contributed by atoms with E-state index in [2.05, 4.69) is 62.2 Å². The van der Waals surface area contributed by atoms with Crippen molar-refractivity contribution in [2.24, 2.45) is 0 Å². The lowest BCUT2D eigenvalue weighted by Gasteiger charge is -2.19. The van der Waals surface area contributed by atoms with Crippen LogP contribution in [0.1, 0.15) is 36.5 Å². The molecule has 2 aromatic carbocycles. The molecule has 31 heavy (non-hydrogen) atoms. The number of benzene rings is 2. The fourth-order valence-electron chi connectivity index (χ4n) is 3.78. The highest BCUT2D eigenvalue weighted by Crippen LogP contribution is 2.31. The zero-order valence-electron chi connectivity index (χ0n) is 18.6. The number of nitrogens with one attached hydrogen (secondary N) is 1. The van der Waals surface area contributed by atoms with Gasteiger partial charge in [0.15, 0.2) is 5.16 Å². The van der Waals surface area contributed by atoms with Gasteiger partial charge in [0.1, 0.15) is 0 Å². The second-order valence-corrected chi connectivity index (χ2v) is 9.52. The number of rotatable bonds is 6. The van der Waals surface area contributed by atoms with E-state index in [0.29, 0.717) is 0 Å². The first-order valence-corrected chi connectivity index (χ1v) is 11.6. The lowest BCUT2D eigenvalue weighted by atomic mass is 10.1. The van der Waals surface area contributed by atoms with Gasteiger partial charge < -0.3 is 10.2 Å².